The molecule has 0 atom stereocenters. The highest BCUT2D eigenvalue weighted by molar-refractivity contribution is 5.78. The number of hydrogen-bond acceptors (Lipinski definition) is 3. The summed E-state index contributed by atoms with van der Waals surface area (Å²) < 4.78 is 0. The number of carbonyl (C=O) groups is 1. The predicted molar refractivity (Wildman–Crippen MR) is 62.0 cm³/mol. The highest BCUT2D eigenvalue weighted by Gasteiger charge is 2.44. The van der Waals surface area contributed by atoms with E-state index in [2.05, 4.69) is 0 Å². The van der Waals surface area contributed by atoms with E-state index in [0.717, 1.165) is 12.8 Å². The van der Waals surface area contributed by atoms with Crippen molar-refractivity contribution in [2.45, 2.75) is 38.3 Å². The van der Waals surface area contributed by atoms with Crippen molar-refractivity contribution >= 4 is 5.91 Å². The van der Waals surface area contributed by atoms with Gasteiger partial charge in [-0.05, 0) is 18.8 Å². The summed E-state index contributed by atoms with van der Waals surface area (Å²) in [4.78, 5) is 15.7. The van der Waals surface area contributed by atoms with Crippen molar-refractivity contribution in [3.8, 4) is 0 Å². The summed E-state index contributed by atoms with van der Waals surface area (Å²) in [7, 11) is 1.88. The third-order valence-electron chi connectivity index (χ3n) is 3.92. The third-order valence-corrected chi connectivity index (χ3v) is 3.92. The number of likely N-dealkylation sites (tertiary alicyclic amines) is 1. The Kier molecular flexibility index (Phi) is 2.97. The second-order valence-electron chi connectivity index (χ2n) is 5.64. The molecule has 0 bridgehead atoms. The molecule has 2 rings (SSSR count). The zero-order chi connectivity index (χ0) is 11.9. The number of hydrogen-bond donors (Lipinski definition) is 1. The molecule has 0 spiro atoms. The van der Waals surface area contributed by atoms with Crippen LogP contribution in [0.4, 0.5) is 0 Å². The Balaban J connectivity index is 1.74. The first-order valence-electron chi connectivity index (χ1n) is 6.13. The Morgan fingerprint density at radius 3 is 2.50 bits per heavy atom. The van der Waals surface area contributed by atoms with Gasteiger partial charge in [0.2, 0.25) is 5.91 Å². The fourth-order valence-electron chi connectivity index (χ4n) is 2.17. The van der Waals surface area contributed by atoms with E-state index >= 15 is 0 Å². The lowest BCUT2D eigenvalue weighted by Gasteiger charge is -2.49. The van der Waals surface area contributed by atoms with Crippen molar-refractivity contribution in [2.24, 2.45) is 5.92 Å². The van der Waals surface area contributed by atoms with E-state index in [-0.39, 0.29) is 11.8 Å². The first-order valence-corrected chi connectivity index (χ1v) is 6.13. The molecule has 0 aromatic heterocycles. The van der Waals surface area contributed by atoms with Crippen LogP contribution in [0.2, 0.25) is 0 Å². The van der Waals surface area contributed by atoms with Crippen LogP contribution in [0.3, 0.4) is 0 Å². The summed E-state index contributed by atoms with van der Waals surface area (Å²) in [6, 6.07) is 0.484. The Bertz CT molecular complexity index is 281. The van der Waals surface area contributed by atoms with Gasteiger partial charge in [0.05, 0.1) is 12.1 Å². The summed E-state index contributed by atoms with van der Waals surface area (Å²) in [5.41, 5.74) is -0.571. The van der Waals surface area contributed by atoms with Crippen molar-refractivity contribution in [3.05, 3.63) is 0 Å². The van der Waals surface area contributed by atoms with Crippen LogP contribution in [0.5, 0.6) is 0 Å². The maximum atomic E-state index is 11.8. The average molecular weight is 226 g/mol. The number of amides is 1. The molecule has 0 aromatic carbocycles. The van der Waals surface area contributed by atoms with Gasteiger partial charge in [-0.3, -0.25) is 9.69 Å². The molecule has 92 valence electrons. The highest BCUT2D eigenvalue weighted by atomic mass is 16.3. The van der Waals surface area contributed by atoms with Gasteiger partial charge in [-0.15, -0.1) is 0 Å². The van der Waals surface area contributed by atoms with Crippen LogP contribution in [0, 0.1) is 5.92 Å². The molecule has 16 heavy (non-hydrogen) atoms. The Morgan fingerprint density at radius 2 is 2.06 bits per heavy atom. The number of rotatable bonds is 4. The normalized spacial score (nSPS) is 24.3. The van der Waals surface area contributed by atoms with E-state index in [1.54, 1.807) is 0 Å². The number of aliphatic hydroxyl groups is 1. The molecule has 0 unspecified atom stereocenters. The van der Waals surface area contributed by atoms with E-state index < -0.39 is 5.60 Å². The maximum absolute atomic E-state index is 11.8. The highest BCUT2D eigenvalue weighted by Crippen LogP contribution is 2.29. The molecule has 1 saturated carbocycles. The fraction of sp³-hybridized carbons (Fsp3) is 0.917. The quantitative estimate of drug-likeness (QED) is 0.750. The molecule has 4 heteroatoms. The molecule has 1 aliphatic carbocycles. The van der Waals surface area contributed by atoms with Gasteiger partial charge < -0.3 is 10.0 Å². The summed E-state index contributed by atoms with van der Waals surface area (Å²) in [5, 5.41) is 10.1. The molecular weight excluding hydrogens is 204 g/mol. The van der Waals surface area contributed by atoms with Gasteiger partial charge in [0.15, 0.2) is 0 Å². The standard InChI is InChI=1S/C12H22N2O2/c1-9(2)12(16)7-14(8-12)6-11(15)13(3)10-4-5-10/h9-10,16H,4-8H2,1-3H3. The van der Waals surface area contributed by atoms with Crippen LogP contribution in [-0.2, 0) is 4.79 Å². The van der Waals surface area contributed by atoms with Crippen LogP contribution in [0.15, 0.2) is 0 Å². The van der Waals surface area contributed by atoms with Crippen molar-refractivity contribution in [3.63, 3.8) is 0 Å². The summed E-state index contributed by atoms with van der Waals surface area (Å²) in [5.74, 6) is 0.452. The van der Waals surface area contributed by atoms with Gasteiger partial charge in [0.1, 0.15) is 0 Å². The van der Waals surface area contributed by atoms with E-state index in [0.29, 0.717) is 25.7 Å². The lowest BCUT2D eigenvalue weighted by Crippen LogP contribution is -2.65. The van der Waals surface area contributed by atoms with Crippen molar-refractivity contribution in [2.75, 3.05) is 26.7 Å². The van der Waals surface area contributed by atoms with Crippen molar-refractivity contribution < 1.29 is 9.90 Å². The summed E-state index contributed by atoms with van der Waals surface area (Å²) >= 11 is 0. The van der Waals surface area contributed by atoms with Crippen LogP contribution in [-0.4, -0.2) is 59.1 Å². The molecule has 2 fully saturated rings. The van der Waals surface area contributed by atoms with Crippen molar-refractivity contribution in [1.82, 2.24) is 9.80 Å². The topological polar surface area (TPSA) is 43.8 Å². The Hall–Kier alpha value is -0.610. The molecular formula is C12H22N2O2. The zero-order valence-corrected chi connectivity index (χ0v) is 10.4. The minimum absolute atomic E-state index is 0.188. The molecule has 1 N–H and O–H groups in total. The van der Waals surface area contributed by atoms with Gasteiger partial charge in [0.25, 0.3) is 0 Å². The number of nitrogens with zero attached hydrogens (tertiary/aromatic N) is 2. The first kappa shape index (κ1) is 11.9. The second kappa shape index (κ2) is 4.00. The smallest absolute Gasteiger partial charge is 0.236 e. The molecule has 1 amide bonds. The second-order valence-corrected chi connectivity index (χ2v) is 5.64. The molecule has 0 radical (unpaired) electrons. The summed E-state index contributed by atoms with van der Waals surface area (Å²) in [6.45, 7) is 5.77. The predicted octanol–water partition coefficient (Wildman–Crippen LogP) is 0.310. The van der Waals surface area contributed by atoms with Crippen molar-refractivity contribution in [1.29, 1.82) is 0 Å². The third kappa shape index (κ3) is 2.23. The van der Waals surface area contributed by atoms with Gasteiger partial charge in [0, 0.05) is 26.2 Å². The molecule has 4 nitrogen and oxygen atoms in total. The number of β-amino-alcohol motifs (C(OH)–C–C–N with tert-alkyl or cyclic N) is 1. The van der Waals surface area contributed by atoms with Gasteiger partial charge >= 0.3 is 0 Å². The molecule has 1 saturated heterocycles. The minimum Gasteiger partial charge on any atom is -0.387 e. The first-order chi connectivity index (χ1) is 7.42. The lowest BCUT2D eigenvalue weighted by molar-refractivity contribution is -0.148. The Morgan fingerprint density at radius 1 is 1.50 bits per heavy atom. The zero-order valence-electron chi connectivity index (χ0n) is 10.4. The fourth-order valence-corrected chi connectivity index (χ4v) is 2.17. The van der Waals surface area contributed by atoms with E-state index in [4.69, 9.17) is 0 Å². The molecule has 1 heterocycles. The summed E-state index contributed by atoms with van der Waals surface area (Å²) in [6.07, 6.45) is 2.30. The van der Waals surface area contributed by atoms with Gasteiger partial charge in [-0.2, -0.15) is 0 Å². The maximum Gasteiger partial charge on any atom is 0.236 e. The average Bonchev–Trinajstić information content (AvgIpc) is 2.96. The SMILES string of the molecule is CC(C)C1(O)CN(CC(=O)N(C)C2CC2)C1. The number of likely N-dealkylation sites (N-methyl/N-ethyl adjacent to an activating group) is 1. The van der Waals surface area contributed by atoms with E-state index in [1.807, 2.05) is 30.7 Å². The van der Waals surface area contributed by atoms with E-state index in [1.165, 1.54) is 0 Å². The minimum atomic E-state index is -0.571. The lowest BCUT2D eigenvalue weighted by atomic mass is 9.83. The van der Waals surface area contributed by atoms with Crippen LogP contribution in [0.1, 0.15) is 26.7 Å². The molecule has 0 aromatic rings. The van der Waals surface area contributed by atoms with Gasteiger partial charge in [-0.1, -0.05) is 13.8 Å². The van der Waals surface area contributed by atoms with Crippen LogP contribution >= 0.6 is 0 Å². The molecule has 2 aliphatic rings. The van der Waals surface area contributed by atoms with Crippen LogP contribution in [0.25, 0.3) is 0 Å². The molecule has 1 aliphatic heterocycles. The van der Waals surface area contributed by atoms with Gasteiger partial charge in [-0.25, -0.2) is 0 Å². The number of carbonyl (C=O) groups excluding carboxylic acids is 1. The van der Waals surface area contributed by atoms with Crippen LogP contribution < -0.4 is 0 Å². The Labute approximate surface area is 97.2 Å². The largest absolute Gasteiger partial charge is 0.387 e. The van der Waals surface area contributed by atoms with E-state index in [9.17, 15) is 9.90 Å². The monoisotopic (exact) mass is 226 g/mol.